The van der Waals surface area contributed by atoms with Crippen molar-refractivity contribution >= 4 is 15.9 Å². The maximum Gasteiger partial charge on any atom is 0.140 e. The Kier molecular flexibility index (Phi) is 3.69. The lowest BCUT2D eigenvalue weighted by molar-refractivity contribution is 0.413. The molecule has 88 valence electrons. The first-order valence-corrected chi connectivity index (χ1v) is 6.02. The molecule has 2 aromatic carbocycles. The van der Waals surface area contributed by atoms with Crippen molar-refractivity contribution in [1.82, 2.24) is 0 Å². The predicted octanol–water partition coefficient (Wildman–Crippen LogP) is 4.13. The van der Waals surface area contributed by atoms with Crippen molar-refractivity contribution in [3.05, 3.63) is 46.9 Å². The van der Waals surface area contributed by atoms with E-state index in [9.17, 15) is 0 Å². The zero-order valence-corrected chi connectivity index (χ0v) is 11.3. The van der Waals surface area contributed by atoms with Crippen LogP contribution in [0.4, 0.5) is 0 Å². The van der Waals surface area contributed by atoms with Crippen LogP contribution in [0.5, 0.6) is 11.5 Å². The molecule has 0 amide bonds. The zero-order chi connectivity index (χ0) is 12.3. The summed E-state index contributed by atoms with van der Waals surface area (Å²) in [6.07, 6.45) is 0. The number of ether oxygens (including phenoxy) is 2. The quantitative estimate of drug-likeness (QED) is 0.847. The highest BCUT2D eigenvalue weighted by atomic mass is 79.9. The van der Waals surface area contributed by atoms with Crippen LogP contribution in [-0.4, -0.2) is 14.2 Å². The fraction of sp³-hybridized carbons (Fsp3) is 0.143. The molecule has 3 heteroatoms. The number of hydrogen-bond acceptors (Lipinski definition) is 2. The van der Waals surface area contributed by atoms with Gasteiger partial charge in [-0.25, -0.2) is 0 Å². The second-order valence-electron chi connectivity index (χ2n) is 3.55. The van der Waals surface area contributed by atoms with Crippen LogP contribution in [0.15, 0.2) is 46.9 Å². The Labute approximate surface area is 109 Å². The lowest BCUT2D eigenvalue weighted by Crippen LogP contribution is -1.89. The molecule has 0 N–H and O–H groups in total. The summed E-state index contributed by atoms with van der Waals surface area (Å²) >= 11 is 3.48. The molecule has 0 aliphatic rings. The molecule has 0 atom stereocenters. The lowest BCUT2D eigenvalue weighted by atomic mass is 10.0. The van der Waals surface area contributed by atoms with Gasteiger partial charge in [-0.1, -0.05) is 24.3 Å². The summed E-state index contributed by atoms with van der Waals surface area (Å²) in [6.45, 7) is 0. The third-order valence-electron chi connectivity index (χ3n) is 2.57. The fourth-order valence-electron chi connectivity index (χ4n) is 1.71. The molecule has 0 aromatic heterocycles. The molecule has 0 aliphatic heterocycles. The van der Waals surface area contributed by atoms with Crippen LogP contribution in [0.25, 0.3) is 11.1 Å². The summed E-state index contributed by atoms with van der Waals surface area (Å²) in [5.41, 5.74) is 2.16. The van der Waals surface area contributed by atoms with Gasteiger partial charge in [0.05, 0.1) is 18.7 Å². The molecule has 0 unspecified atom stereocenters. The van der Waals surface area contributed by atoms with Crippen molar-refractivity contribution in [3.63, 3.8) is 0 Å². The van der Waals surface area contributed by atoms with Gasteiger partial charge in [0.1, 0.15) is 11.5 Å². The van der Waals surface area contributed by atoms with Crippen LogP contribution in [-0.2, 0) is 0 Å². The van der Waals surface area contributed by atoms with Crippen LogP contribution in [0.1, 0.15) is 0 Å². The molecule has 0 saturated carbocycles. The van der Waals surface area contributed by atoms with Crippen LogP contribution in [0.2, 0.25) is 0 Å². The summed E-state index contributed by atoms with van der Waals surface area (Å²) in [7, 11) is 3.34. The molecule has 0 saturated heterocycles. The van der Waals surface area contributed by atoms with E-state index in [4.69, 9.17) is 9.47 Å². The molecular weight excluding hydrogens is 280 g/mol. The van der Waals surface area contributed by atoms with Crippen LogP contribution < -0.4 is 9.47 Å². The molecule has 2 aromatic rings. The number of rotatable bonds is 3. The average molecular weight is 293 g/mol. The third kappa shape index (κ3) is 2.44. The average Bonchev–Trinajstić information content (AvgIpc) is 2.38. The largest absolute Gasteiger partial charge is 0.497 e. The van der Waals surface area contributed by atoms with Crippen molar-refractivity contribution in [3.8, 4) is 22.6 Å². The molecule has 0 radical (unpaired) electrons. The highest BCUT2D eigenvalue weighted by molar-refractivity contribution is 9.10. The van der Waals surface area contributed by atoms with Gasteiger partial charge in [-0.15, -0.1) is 0 Å². The third-order valence-corrected chi connectivity index (χ3v) is 3.20. The first kappa shape index (κ1) is 12.0. The van der Waals surface area contributed by atoms with E-state index < -0.39 is 0 Å². The predicted molar refractivity (Wildman–Crippen MR) is 72.7 cm³/mol. The topological polar surface area (TPSA) is 18.5 Å². The van der Waals surface area contributed by atoms with Crippen molar-refractivity contribution in [2.45, 2.75) is 0 Å². The molecule has 0 fully saturated rings. The highest BCUT2D eigenvalue weighted by Gasteiger charge is 2.08. The zero-order valence-electron chi connectivity index (χ0n) is 9.74. The van der Waals surface area contributed by atoms with Crippen molar-refractivity contribution < 1.29 is 9.47 Å². The van der Waals surface area contributed by atoms with E-state index in [0.29, 0.717) is 0 Å². The Morgan fingerprint density at radius 2 is 1.59 bits per heavy atom. The SMILES string of the molecule is COc1ccc(-c2cccc(Br)c2OC)cc1. The van der Waals surface area contributed by atoms with Gasteiger partial charge in [-0.05, 0) is 39.7 Å². The molecule has 0 aliphatic carbocycles. The van der Waals surface area contributed by atoms with Gasteiger partial charge >= 0.3 is 0 Å². The van der Waals surface area contributed by atoms with E-state index in [1.54, 1.807) is 14.2 Å². The van der Waals surface area contributed by atoms with Gasteiger partial charge in [0.25, 0.3) is 0 Å². The molecule has 0 bridgehead atoms. The number of hydrogen-bond donors (Lipinski definition) is 0. The van der Waals surface area contributed by atoms with Gasteiger partial charge in [-0.2, -0.15) is 0 Å². The second-order valence-corrected chi connectivity index (χ2v) is 4.40. The standard InChI is InChI=1S/C14H13BrO2/c1-16-11-8-6-10(7-9-11)12-4-3-5-13(15)14(12)17-2/h3-9H,1-2H3. The van der Waals surface area contributed by atoms with Gasteiger partial charge in [0.2, 0.25) is 0 Å². The molecular formula is C14H13BrO2. The number of para-hydroxylation sites is 1. The Hall–Kier alpha value is -1.48. The minimum atomic E-state index is 0.845. The Morgan fingerprint density at radius 3 is 2.18 bits per heavy atom. The fourth-order valence-corrected chi connectivity index (χ4v) is 2.24. The molecule has 17 heavy (non-hydrogen) atoms. The van der Waals surface area contributed by atoms with E-state index in [-0.39, 0.29) is 0 Å². The molecule has 0 spiro atoms. The van der Waals surface area contributed by atoms with Crippen LogP contribution in [0, 0.1) is 0 Å². The first-order valence-electron chi connectivity index (χ1n) is 5.23. The smallest absolute Gasteiger partial charge is 0.140 e. The van der Waals surface area contributed by atoms with Crippen molar-refractivity contribution in [1.29, 1.82) is 0 Å². The lowest BCUT2D eigenvalue weighted by Gasteiger charge is -2.10. The minimum Gasteiger partial charge on any atom is -0.497 e. The summed E-state index contributed by atoms with van der Waals surface area (Å²) in [5, 5.41) is 0. The summed E-state index contributed by atoms with van der Waals surface area (Å²) in [4.78, 5) is 0. The van der Waals surface area contributed by atoms with E-state index in [2.05, 4.69) is 15.9 Å². The van der Waals surface area contributed by atoms with Gasteiger partial charge in [0, 0.05) is 5.56 Å². The van der Waals surface area contributed by atoms with Gasteiger partial charge in [-0.3, -0.25) is 0 Å². The number of halogens is 1. The Morgan fingerprint density at radius 1 is 0.882 bits per heavy atom. The second kappa shape index (κ2) is 5.23. The van der Waals surface area contributed by atoms with E-state index >= 15 is 0 Å². The van der Waals surface area contributed by atoms with Gasteiger partial charge in [0.15, 0.2) is 0 Å². The molecule has 2 rings (SSSR count). The van der Waals surface area contributed by atoms with Crippen LogP contribution >= 0.6 is 15.9 Å². The first-order chi connectivity index (χ1) is 8.26. The van der Waals surface area contributed by atoms with Crippen molar-refractivity contribution in [2.75, 3.05) is 14.2 Å². The maximum atomic E-state index is 5.41. The van der Waals surface area contributed by atoms with Crippen LogP contribution in [0.3, 0.4) is 0 Å². The Bertz CT molecular complexity index is 506. The number of benzene rings is 2. The summed E-state index contributed by atoms with van der Waals surface area (Å²) in [5.74, 6) is 1.69. The van der Waals surface area contributed by atoms with E-state index in [1.807, 2.05) is 42.5 Å². The monoisotopic (exact) mass is 292 g/mol. The molecule has 2 nitrogen and oxygen atoms in total. The van der Waals surface area contributed by atoms with E-state index in [1.165, 1.54) is 0 Å². The highest BCUT2D eigenvalue weighted by Crippen LogP contribution is 2.36. The minimum absolute atomic E-state index is 0.845. The molecule has 0 heterocycles. The summed E-state index contributed by atoms with van der Waals surface area (Å²) < 4.78 is 11.5. The Balaban J connectivity index is 2.48. The number of methoxy groups -OCH3 is 2. The van der Waals surface area contributed by atoms with E-state index in [0.717, 1.165) is 27.1 Å². The van der Waals surface area contributed by atoms with Gasteiger partial charge < -0.3 is 9.47 Å². The van der Waals surface area contributed by atoms with Crippen molar-refractivity contribution in [2.24, 2.45) is 0 Å². The maximum absolute atomic E-state index is 5.41. The summed E-state index contributed by atoms with van der Waals surface area (Å²) in [6, 6.07) is 13.9. The normalized spacial score (nSPS) is 10.1.